The van der Waals surface area contributed by atoms with E-state index in [1.54, 1.807) is 21.0 Å². The first-order valence-electron chi connectivity index (χ1n) is 5.85. The number of anilines is 1. The average Bonchev–Trinajstić information content (AvgIpc) is 2.33. The number of halogens is 4. The largest absolute Gasteiger partial charge is 0.416 e. The van der Waals surface area contributed by atoms with Crippen LogP contribution in [-0.4, -0.2) is 43.0 Å². The van der Waals surface area contributed by atoms with Crippen LogP contribution in [0.3, 0.4) is 0 Å². The van der Waals surface area contributed by atoms with Gasteiger partial charge in [-0.25, -0.2) is 4.98 Å². The summed E-state index contributed by atoms with van der Waals surface area (Å²) in [7, 11) is 3.14. The van der Waals surface area contributed by atoms with Gasteiger partial charge in [0.1, 0.15) is 11.0 Å². The van der Waals surface area contributed by atoms with E-state index >= 15 is 0 Å². The Kier molecular flexibility index (Phi) is 5.21. The van der Waals surface area contributed by atoms with E-state index in [9.17, 15) is 18.0 Å². The van der Waals surface area contributed by atoms with Gasteiger partial charge in [-0.15, -0.1) is 0 Å². The molecule has 0 atom stereocenters. The molecular formula is C12H15ClF3N3O. The number of likely N-dealkylation sites (N-methyl/N-ethyl adjacent to an activating group) is 2. The van der Waals surface area contributed by atoms with Crippen molar-refractivity contribution < 1.29 is 18.0 Å². The zero-order valence-corrected chi connectivity index (χ0v) is 12.1. The maximum atomic E-state index is 12.7. The number of carbonyl (C=O) groups is 1. The summed E-state index contributed by atoms with van der Waals surface area (Å²) in [4.78, 5) is 18.3. The van der Waals surface area contributed by atoms with Crippen LogP contribution >= 0.6 is 11.6 Å². The molecule has 0 saturated carbocycles. The van der Waals surface area contributed by atoms with Crippen molar-refractivity contribution in [2.45, 2.75) is 13.1 Å². The molecule has 0 radical (unpaired) electrons. The smallest absolute Gasteiger partial charge is 0.348 e. The van der Waals surface area contributed by atoms with E-state index < -0.39 is 11.7 Å². The number of hydrogen-bond acceptors (Lipinski definition) is 3. The molecule has 0 bridgehead atoms. The van der Waals surface area contributed by atoms with Crippen LogP contribution in [0.2, 0.25) is 5.15 Å². The highest BCUT2D eigenvalue weighted by Crippen LogP contribution is 2.32. The highest BCUT2D eigenvalue weighted by atomic mass is 35.5. The first kappa shape index (κ1) is 16.6. The second kappa shape index (κ2) is 6.30. The van der Waals surface area contributed by atoms with E-state index in [1.807, 2.05) is 0 Å². The molecule has 20 heavy (non-hydrogen) atoms. The van der Waals surface area contributed by atoms with E-state index in [0.29, 0.717) is 6.54 Å². The lowest BCUT2D eigenvalue weighted by molar-refractivity contribution is -0.137. The maximum Gasteiger partial charge on any atom is 0.416 e. The highest BCUT2D eigenvalue weighted by Gasteiger charge is 2.32. The summed E-state index contributed by atoms with van der Waals surface area (Å²) in [5.74, 6) is -0.204. The van der Waals surface area contributed by atoms with Gasteiger partial charge in [0, 0.05) is 20.6 Å². The highest BCUT2D eigenvalue weighted by molar-refractivity contribution is 6.29. The number of rotatable bonds is 4. The minimum atomic E-state index is -4.51. The van der Waals surface area contributed by atoms with Crippen molar-refractivity contribution in [1.29, 1.82) is 0 Å². The van der Waals surface area contributed by atoms with Crippen LogP contribution in [0, 0.1) is 0 Å². The summed E-state index contributed by atoms with van der Waals surface area (Å²) >= 11 is 5.62. The standard InChI is InChI=1S/C12H15ClF3N3O/c1-4-19(7-11(20)18(2)3)10-6-8(12(14,15)16)5-9(13)17-10/h5-6H,4,7H2,1-3H3. The van der Waals surface area contributed by atoms with Crippen LogP contribution in [0.25, 0.3) is 0 Å². The first-order chi connectivity index (χ1) is 9.15. The summed E-state index contributed by atoms with van der Waals surface area (Å²) in [6.45, 7) is 2.00. The van der Waals surface area contributed by atoms with E-state index in [-0.39, 0.29) is 23.4 Å². The molecule has 4 nitrogen and oxygen atoms in total. The van der Waals surface area contributed by atoms with Gasteiger partial charge in [-0.1, -0.05) is 11.6 Å². The van der Waals surface area contributed by atoms with Gasteiger partial charge < -0.3 is 9.80 Å². The SMILES string of the molecule is CCN(CC(=O)N(C)C)c1cc(C(F)(F)F)cc(Cl)n1. The lowest BCUT2D eigenvalue weighted by atomic mass is 10.2. The second-order valence-electron chi connectivity index (χ2n) is 4.34. The quantitative estimate of drug-likeness (QED) is 0.802. The fraction of sp³-hybridized carbons (Fsp3) is 0.500. The molecular weight excluding hydrogens is 295 g/mol. The monoisotopic (exact) mass is 309 g/mol. The Labute approximate surface area is 120 Å². The molecule has 1 aromatic rings. The third kappa shape index (κ3) is 4.26. The molecule has 0 N–H and O–H groups in total. The predicted molar refractivity (Wildman–Crippen MR) is 70.8 cm³/mol. The van der Waals surface area contributed by atoms with Crippen molar-refractivity contribution in [1.82, 2.24) is 9.88 Å². The summed E-state index contributed by atoms with van der Waals surface area (Å²) in [5.41, 5.74) is -0.886. The van der Waals surface area contributed by atoms with Crippen molar-refractivity contribution in [2.24, 2.45) is 0 Å². The van der Waals surface area contributed by atoms with E-state index in [1.165, 1.54) is 9.80 Å². The van der Waals surface area contributed by atoms with Gasteiger partial charge in [0.25, 0.3) is 0 Å². The molecule has 0 unspecified atom stereocenters. The van der Waals surface area contributed by atoms with Gasteiger partial charge in [0.05, 0.1) is 12.1 Å². The molecule has 1 aromatic heterocycles. The molecule has 0 aliphatic rings. The molecule has 8 heteroatoms. The minimum absolute atomic E-state index is 0.0301. The molecule has 0 aliphatic heterocycles. The third-order valence-electron chi connectivity index (χ3n) is 2.64. The van der Waals surface area contributed by atoms with Crippen molar-refractivity contribution >= 4 is 23.3 Å². The van der Waals surface area contributed by atoms with Gasteiger partial charge in [0.15, 0.2) is 0 Å². The van der Waals surface area contributed by atoms with Crippen molar-refractivity contribution in [2.75, 3.05) is 32.1 Å². The molecule has 0 saturated heterocycles. The van der Waals surface area contributed by atoms with E-state index in [4.69, 9.17) is 11.6 Å². The van der Waals surface area contributed by atoms with Crippen molar-refractivity contribution in [3.8, 4) is 0 Å². The van der Waals surface area contributed by atoms with Gasteiger partial charge >= 0.3 is 6.18 Å². The lowest BCUT2D eigenvalue weighted by Gasteiger charge is -2.24. The number of alkyl halides is 3. The molecule has 0 fully saturated rings. The third-order valence-corrected chi connectivity index (χ3v) is 2.83. The first-order valence-corrected chi connectivity index (χ1v) is 6.22. The molecule has 0 aromatic carbocycles. The topological polar surface area (TPSA) is 36.4 Å². The van der Waals surface area contributed by atoms with Gasteiger partial charge in [-0.3, -0.25) is 4.79 Å². The van der Waals surface area contributed by atoms with Gasteiger partial charge in [-0.05, 0) is 19.1 Å². The minimum Gasteiger partial charge on any atom is -0.348 e. The van der Waals surface area contributed by atoms with E-state index in [2.05, 4.69) is 4.98 Å². The van der Waals surface area contributed by atoms with Crippen LogP contribution in [0.15, 0.2) is 12.1 Å². The maximum absolute atomic E-state index is 12.7. The molecule has 1 heterocycles. The molecule has 112 valence electrons. The Morgan fingerprint density at radius 1 is 1.35 bits per heavy atom. The van der Waals surface area contributed by atoms with Crippen LogP contribution in [0.5, 0.6) is 0 Å². The number of amides is 1. The Hall–Kier alpha value is -1.50. The normalized spacial score (nSPS) is 11.3. The average molecular weight is 310 g/mol. The summed E-state index contributed by atoms with van der Waals surface area (Å²) in [6.07, 6.45) is -4.51. The molecule has 0 aliphatic carbocycles. The predicted octanol–water partition coefficient (Wildman–Crippen LogP) is 2.67. The van der Waals surface area contributed by atoms with Crippen LogP contribution in [0.4, 0.5) is 19.0 Å². The zero-order valence-electron chi connectivity index (χ0n) is 11.3. The Bertz CT molecular complexity index is 491. The van der Waals surface area contributed by atoms with Crippen molar-refractivity contribution in [3.63, 3.8) is 0 Å². The van der Waals surface area contributed by atoms with Gasteiger partial charge in [-0.2, -0.15) is 13.2 Å². The fourth-order valence-electron chi connectivity index (χ4n) is 1.47. The Morgan fingerprint density at radius 2 is 1.95 bits per heavy atom. The van der Waals surface area contributed by atoms with Crippen LogP contribution in [0.1, 0.15) is 12.5 Å². The summed E-state index contributed by atoms with van der Waals surface area (Å²) < 4.78 is 38.2. The van der Waals surface area contributed by atoms with E-state index in [0.717, 1.165) is 12.1 Å². The number of nitrogens with zero attached hydrogens (tertiary/aromatic N) is 3. The zero-order chi connectivity index (χ0) is 15.5. The molecule has 0 spiro atoms. The summed E-state index contributed by atoms with van der Waals surface area (Å²) in [6, 6.07) is 1.64. The van der Waals surface area contributed by atoms with Crippen LogP contribution < -0.4 is 4.90 Å². The van der Waals surface area contributed by atoms with Crippen LogP contribution in [-0.2, 0) is 11.0 Å². The number of pyridine rings is 1. The molecule has 1 amide bonds. The van der Waals surface area contributed by atoms with Gasteiger partial charge in [0.2, 0.25) is 5.91 Å². The Morgan fingerprint density at radius 3 is 2.40 bits per heavy atom. The second-order valence-corrected chi connectivity index (χ2v) is 4.72. The number of hydrogen-bond donors (Lipinski definition) is 0. The summed E-state index contributed by atoms with van der Waals surface area (Å²) in [5, 5.41) is -0.259. The van der Waals surface area contributed by atoms with Crippen molar-refractivity contribution in [3.05, 3.63) is 22.8 Å². The number of carbonyl (C=O) groups excluding carboxylic acids is 1. The Balaban J connectivity index is 3.10. The number of aromatic nitrogens is 1. The lowest BCUT2D eigenvalue weighted by Crippen LogP contribution is -2.37. The fourth-order valence-corrected chi connectivity index (χ4v) is 1.67. The molecule has 1 rings (SSSR count).